The number of methoxy groups -OCH3 is 1. The van der Waals surface area contributed by atoms with Gasteiger partial charge in [0, 0.05) is 13.1 Å². The molecule has 0 amide bonds. The number of benzene rings is 2. The van der Waals surface area contributed by atoms with Crippen molar-refractivity contribution in [2.24, 2.45) is 4.99 Å². The van der Waals surface area contributed by atoms with E-state index in [-0.39, 0.29) is 18.0 Å². The lowest BCUT2D eigenvalue weighted by Crippen LogP contribution is -2.40. The molecule has 9 heteroatoms. The highest BCUT2D eigenvalue weighted by molar-refractivity contribution is 7.92. The molecule has 0 saturated carbocycles. The molecule has 158 valence electrons. The Balaban J connectivity index is 1.90. The summed E-state index contributed by atoms with van der Waals surface area (Å²) < 4.78 is 45.6. The van der Waals surface area contributed by atoms with Gasteiger partial charge in [0.2, 0.25) is 10.0 Å². The van der Waals surface area contributed by atoms with E-state index in [0.717, 1.165) is 11.3 Å². The van der Waals surface area contributed by atoms with Crippen LogP contribution in [0.2, 0.25) is 0 Å². The number of nitrogens with one attached hydrogen (secondary N) is 3. The van der Waals surface area contributed by atoms with E-state index >= 15 is 0 Å². The second-order valence-corrected chi connectivity index (χ2v) is 8.20. The van der Waals surface area contributed by atoms with Gasteiger partial charge in [-0.3, -0.25) is 4.72 Å². The lowest BCUT2D eigenvalue weighted by atomic mass is 10.2. The van der Waals surface area contributed by atoms with Crippen LogP contribution in [-0.4, -0.2) is 40.3 Å². The third kappa shape index (κ3) is 7.61. The van der Waals surface area contributed by atoms with Gasteiger partial charge in [0.25, 0.3) is 0 Å². The maximum absolute atomic E-state index is 13.6. The van der Waals surface area contributed by atoms with E-state index in [2.05, 4.69) is 20.3 Å². The maximum atomic E-state index is 13.6. The number of hydrogen-bond donors (Lipinski definition) is 3. The second-order valence-electron chi connectivity index (χ2n) is 6.35. The molecule has 0 aromatic heterocycles. The van der Waals surface area contributed by atoms with E-state index in [1.54, 1.807) is 14.0 Å². The Labute approximate surface area is 171 Å². The van der Waals surface area contributed by atoms with Crippen molar-refractivity contribution in [2.75, 3.05) is 30.7 Å². The van der Waals surface area contributed by atoms with Crippen molar-refractivity contribution in [3.05, 3.63) is 59.4 Å². The van der Waals surface area contributed by atoms with E-state index in [4.69, 9.17) is 4.74 Å². The number of anilines is 1. The molecule has 2 aromatic rings. The zero-order chi connectivity index (χ0) is 21.3. The fraction of sp³-hybridized carbons (Fsp3) is 0.350. The number of sulfonamides is 1. The molecule has 0 aliphatic heterocycles. The average Bonchev–Trinajstić information content (AvgIpc) is 2.69. The Kier molecular flexibility index (Phi) is 8.26. The third-order valence-corrected chi connectivity index (χ3v) is 5.32. The summed E-state index contributed by atoms with van der Waals surface area (Å²) in [4.78, 5) is 4.45. The molecule has 0 aliphatic carbocycles. The molecule has 29 heavy (non-hydrogen) atoms. The van der Waals surface area contributed by atoms with Crippen LogP contribution in [0.3, 0.4) is 0 Å². The zero-order valence-corrected chi connectivity index (χ0v) is 17.6. The van der Waals surface area contributed by atoms with Crippen LogP contribution < -0.4 is 20.1 Å². The Morgan fingerprint density at radius 1 is 1.14 bits per heavy atom. The second kappa shape index (κ2) is 10.7. The normalized spacial score (nSPS) is 11.8. The summed E-state index contributed by atoms with van der Waals surface area (Å²) in [5.41, 5.74) is 1.66. The number of aryl methyl sites for hydroxylation is 1. The molecule has 0 aliphatic rings. The van der Waals surface area contributed by atoms with Crippen LogP contribution in [0, 0.1) is 12.7 Å². The summed E-state index contributed by atoms with van der Waals surface area (Å²) in [6, 6.07) is 11.8. The van der Waals surface area contributed by atoms with Crippen LogP contribution in [0.1, 0.15) is 18.1 Å². The molecule has 0 radical (unpaired) electrons. The highest BCUT2D eigenvalue weighted by Crippen LogP contribution is 2.15. The van der Waals surface area contributed by atoms with E-state index in [1.807, 2.05) is 31.2 Å². The first-order chi connectivity index (χ1) is 13.8. The molecule has 2 rings (SSSR count). The largest absolute Gasteiger partial charge is 0.497 e. The predicted octanol–water partition coefficient (Wildman–Crippen LogP) is 2.64. The van der Waals surface area contributed by atoms with E-state index in [9.17, 15) is 12.8 Å². The predicted molar refractivity (Wildman–Crippen MR) is 114 cm³/mol. The topological polar surface area (TPSA) is 91.8 Å². The Morgan fingerprint density at radius 2 is 1.86 bits per heavy atom. The van der Waals surface area contributed by atoms with E-state index < -0.39 is 15.8 Å². The summed E-state index contributed by atoms with van der Waals surface area (Å²) in [6.45, 7) is 4.77. The SMILES string of the molecule is CCNC(=NCc1ccc(OC)cc1)NCCS(=O)(=O)Nc1ccc(C)c(F)c1. The number of guanidine groups is 1. The van der Waals surface area contributed by atoms with Gasteiger partial charge in [-0.2, -0.15) is 0 Å². The molecule has 0 spiro atoms. The smallest absolute Gasteiger partial charge is 0.234 e. The fourth-order valence-corrected chi connectivity index (χ4v) is 3.39. The molecule has 2 aromatic carbocycles. The highest BCUT2D eigenvalue weighted by Gasteiger charge is 2.12. The summed E-state index contributed by atoms with van der Waals surface area (Å²) in [7, 11) is -2.02. The van der Waals surface area contributed by atoms with Crippen molar-refractivity contribution in [2.45, 2.75) is 20.4 Å². The van der Waals surface area contributed by atoms with Crippen LogP contribution in [0.4, 0.5) is 10.1 Å². The van der Waals surface area contributed by atoms with E-state index in [1.165, 1.54) is 18.2 Å². The number of halogens is 1. The Morgan fingerprint density at radius 3 is 2.48 bits per heavy atom. The van der Waals surface area contributed by atoms with Crippen LogP contribution in [0.25, 0.3) is 0 Å². The van der Waals surface area contributed by atoms with Gasteiger partial charge in [0.1, 0.15) is 11.6 Å². The van der Waals surface area contributed by atoms with Gasteiger partial charge in [0.15, 0.2) is 5.96 Å². The lowest BCUT2D eigenvalue weighted by molar-refractivity contribution is 0.414. The van der Waals surface area contributed by atoms with Gasteiger partial charge >= 0.3 is 0 Å². The average molecular weight is 423 g/mol. The molecule has 0 atom stereocenters. The van der Waals surface area contributed by atoms with Gasteiger partial charge in [0.05, 0.1) is 25.1 Å². The van der Waals surface area contributed by atoms with Crippen molar-refractivity contribution < 1.29 is 17.5 Å². The summed E-state index contributed by atoms with van der Waals surface area (Å²) in [5, 5.41) is 6.07. The lowest BCUT2D eigenvalue weighted by Gasteiger charge is -2.13. The Hall–Kier alpha value is -2.81. The summed E-state index contributed by atoms with van der Waals surface area (Å²) >= 11 is 0. The maximum Gasteiger partial charge on any atom is 0.234 e. The van der Waals surface area contributed by atoms with Gasteiger partial charge in [-0.15, -0.1) is 0 Å². The number of ether oxygens (including phenoxy) is 1. The molecule has 3 N–H and O–H groups in total. The van der Waals surface area contributed by atoms with Gasteiger partial charge in [-0.25, -0.2) is 17.8 Å². The molecule has 7 nitrogen and oxygen atoms in total. The number of rotatable bonds is 9. The number of aliphatic imine (C=N–C) groups is 1. The van der Waals surface area contributed by atoms with Crippen molar-refractivity contribution in [3.63, 3.8) is 0 Å². The van der Waals surface area contributed by atoms with Gasteiger partial charge in [-0.1, -0.05) is 18.2 Å². The standard InChI is InChI=1S/C20H27FN4O3S/c1-4-22-20(24-14-16-6-9-18(28-3)10-7-16)23-11-12-29(26,27)25-17-8-5-15(2)19(21)13-17/h5-10,13,25H,4,11-12,14H2,1-3H3,(H2,22,23,24). The van der Waals surface area contributed by atoms with Crippen molar-refractivity contribution in [3.8, 4) is 5.75 Å². The van der Waals surface area contributed by atoms with Crippen LogP contribution in [0.5, 0.6) is 5.75 Å². The van der Waals surface area contributed by atoms with Gasteiger partial charge < -0.3 is 15.4 Å². The molecule has 0 heterocycles. The minimum atomic E-state index is -3.63. The first kappa shape index (κ1) is 22.5. The molecule has 0 saturated heterocycles. The quantitative estimate of drug-likeness (QED) is 0.427. The fourth-order valence-electron chi connectivity index (χ4n) is 2.43. The van der Waals surface area contributed by atoms with Crippen molar-refractivity contribution >= 4 is 21.7 Å². The van der Waals surface area contributed by atoms with E-state index in [0.29, 0.717) is 24.6 Å². The van der Waals surface area contributed by atoms with Gasteiger partial charge in [-0.05, 0) is 49.2 Å². The third-order valence-electron chi connectivity index (χ3n) is 4.03. The van der Waals surface area contributed by atoms with Crippen molar-refractivity contribution in [1.29, 1.82) is 0 Å². The van der Waals surface area contributed by atoms with Crippen LogP contribution in [-0.2, 0) is 16.6 Å². The molecular weight excluding hydrogens is 395 g/mol. The monoisotopic (exact) mass is 422 g/mol. The first-order valence-electron chi connectivity index (χ1n) is 9.24. The molecular formula is C20H27FN4O3S. The van der Waals surface area contributed by atoms with Crippen molar-refractivity contribution in [1.82, 2.24) is 10.6 Å². The minimum absolute atomic E-state index is 0.151. The number of hydrogen-bond acceptors (Lipinski definition) is 4. The van der Waals surface area contributed by atoms with Crippen LogP contribution >= 0.6 is 0 Å². The zero-order valence-electron chi connectivity index (χ0n) is 16.8. The summed E-state index contributed by atoms with van der Waals surface area (Å²) in [5.74, 6) is 0.646. The molecule has 0 bridgehead atoms. The first-order valence-corrected chi connectivity index (χ1v) is 10.9. The van der Waals surface area contributed by atoms with Crippen LogP contribution in [0.15, 0.2) is 47.5 Å². The minimum Gasteiger partial charge on any atom is -0.497 e. The number of nitrogens with zero attached hydrogens (tertiary/aromatic N) is 1. The summed E-state index contributed by atoms with van der Waals surface area (Å²) in [6.07, 6.45) is 0. The highest BCUT2D eigenvalue weighted by atomic mass is 32.2. The molecule has 0 unspecified atom stereocenters. The molecule has 0 fully saturated rings. The Bertz CT molecular complexity index is 931.